The highest BCUT2D eigenvalue weighted by atomic mass is 35.5. The molecule has 1 amide bonds. The third-order valence-corrected chi connectivity index (χ3v) is 6.04. The first-order chi connectivity index (χ1) is 14.8. The number of phenols is 1. The molecular weight excluding hydrogens is 433 g/mol. The number of pyridine rings is 1. The van der Waals surface area contributed by atoms with Crippen LogP contribution in [0, 0.1) is 6.92 Å². The molecule has 1 aliphatic rings. The first kappa shape index (κ1) is 21.5. The van der Waals surface area contributed by atoms with E-state index in [2.05, 4.69) is 10.2 Å². The monoisotopic (exact) mass is 455 g/mol. The van der Waals surface area contributed by atoms with Crippen molar-refractivity contribution in [1.29, 1.82) is 0 Å². The lowest BCUT2D eigenvalue weighted by molar-refractivity contribution is -0.119. The number of aromatic hydroxyl groups is 1. The smallest absolute Gasteiger partial charge is 0.217 e. The van der Waals surface area contributed by atoms with Crippen LogP contribution in [0.3, 0.4) is 0 Å². The highest BCUT2D eigenvalue weighted by molar-refractivity contribution is 6.39. The lowest BCUT2D eigenvalue weighted by Gasteiger charge is -2.21. The minimum Gasteiger partial charge on any atom is -0.507 e. The van der Waals surface area contributed by atoms with Gasteiger partial charge in [0.25, 0.3) is 0 Å². The third-order valence-electron chi connectivity index (χ3n) is 5.41. The molecule has 3 aromatic rings. The quantitative estimate of drug-likeness (QED) is 0.548. The Labute approximate surface area is 191 Å². The van der Waals surface area contributed by atoms with E-state index in [0.717, 1.165) is 35.5 Å². The molecule has 160 valence electrons. The molecule has 1 saturated heterocycles. The summed E-state index contributed by atoms with van der Waals surface area (Å²) in [6, 6.07) is 14.8. The van der Waals surface area contributed by atoms with Crippen LogP contribution in [0.1, 0.15) is 18.9 Å². The summed E-state index contributed by atoms with van der Waals surface area (Å²) in [5.74, 6) is 0.864. The van der Waals surface area contributed by atoms with Crippen molar-refractivity contribution in [1.82, 2.24) is 10.3 Å². The molecule has 5 nitrogen and oxygen atoms in total. The second kappa shape index (κ2) is 8.77. The zero-order chi connectivity index (χ0) is 22.1. The van der Waals surface area contributed by atoms with Crippen molar-refractivity contribution < 1.29 is 9.90 Å². The number of halogens is 2. The molecule has 1 atom stereocenters. The van der Waals surface area contributed by atoms with Crippen molar-refractivity contribution in [2.24, 2.45) is 0 Å². The summed E-state index contributed by atoms with van der Waals surface area (Å²) in [5.41, 5.74) is 3.83. The van der Waals surface area contributed by atoms with E-state index in [1.165, 1.54) is 6.92 Å². The molecule has 1 fully saturated rings. The summed E-state index contributed by atoms with van der Waals surface area (Å²) in [5, 5.41) is 14.6. The third kappa shape index (κ3) is 4.63. The van der Waals surface area contributed by atoms with Gasteiger partial charge in [0.1, 0.15) is 11.6 Å². The van der Waals surface area contributed by atoms with Crippen LogP contribution < -0.4 is 10.2 Å². The highest BCUT2D eigenvalue weighted by Gasteiger charge is 2.25. The van der Waals surface area contributed by atoms with Crippen LogP contribution >= 0.6 is 23.2 Å². The standard InChI is InChI=1S/C24H23Cl2N3O2/c1-14-6-7-22(31)18(10-14)21-11-16(24-19(25)4-3-5-20(24)26)12-23(28-21)29-9-8-17(13-29)27-15(2)30/h3-7,10-12,17,31H,8-9,13H2,1-2H3,(H,27,30). The van der Waals surface area contributed by atoms with Crippen LogP contribution in [0.25, 0.3) is 22.4 Å². The number of nitrogens with one attached hydrogen (secondary N) is 1. The summed E-state index contributed by atoms with van der Waals surface area (Å²) >= 11 is 13.0. The van der Waals surface area contributed by atoms with Crippen molar-refractivity contribution in [3.05, 3.63) is 64.1 Å². The van der Waals surface area contributed by atoms with Crippen molar-refractivity contribution in [2.45, 2.75) is 26.3 Å². The molecule has 0 radical (unpaired) electrons. The number of nitrogens with zero attached hydrogens (tertiary/aromatic N) is 2. The van der Waals surface area contributed by atoms with Gasteiger partial charge < -0.3 is 15.3 Å². The summed E-state index contributed by atoms with van der Waals surface area (Å²) in [4.78, 5) is 18.4. The number of carbonyl (C=O) groups excluding carboxylic acids is 1. The van der Waals surface area contributed by atoms with Crippen LogP contribution in [0.2, 0.25) is 10.0 Å². The predicted octanol–water partition coefficient (Wildman–Crippen LogP) is 5.45. The number of hydrogen-bond donors (Lipinski definition) is 2. The second-order valence-corrected chi connectivity index (χ2v) is 8.66. The van der Waals surface area contributed by atoms with Gasteiger partial charge in [-0.2, -0.15) is 0 Å². The van der Waals surface area contributed by atoms with Gasteiger partial charge in [-0.25, -0.2) is 4.98 Å². The van der Waals surface area contributed by atoms with Gasteiger partial charge in [0.2, 0.25) is 5.91 Å². The van der Waals surface area contributed by atoms with Gasteiger partial charge in [0.05, 0.1) is 5.69 Å². The zero-order valence-electron chi connectivity index (χ0n) is 17.3. The van der Waals surface area contributed by atoms with Gasteiger partial charge in [-0.05, 0) is 55.3 Å². The SMILES string of the molecule is CC(=O)NC1CCN(c2cc(-c3c(Cl)cccc3Cl)cc(-c3cc(C)ccc3O)n2)C1. The van der Waals surface area contributed by atoms with Gasteiger partial charge in [-0.1, -0.05) is 40.9 Å². The normalized spacial score (nSPS) is 15.9. The first-order valence-corrected chi connectivity index (χ1v) is 10.9. The van der Waals surface area contributed by atoms with E-state index >= 15 is 0 Å². The van der Waals surface area contributed by atoms with Crippen molar-refractivity contribution >= 4 is 34.9 Å². The zero-order valence-corrected chi connectivity index (χ0v) is 18.8. The number of aryl methyl sites for hydroxylation is 1. The summed E-state index contributed by atoms with van der Waals surface area (Å²) in [6.07, 6.45) is 0.837. The maximum absolute atomic E-state index is 11.5. The Morgan fingerprint density at radius 2 is 1.90 bits per heavy atom. The molecule has 2 N–H and O–H groups in total. The average Bonchev–Trinajstić information content (AvgIpc) is 3.17. The Bertz CT molecular complexity index is 1130. The largest absolute Gasteiger partial charge is 0.507 e. The number of aromatic nitrogens is 1. The van der Waals surface area contributed by atoms with Gasteiger partial charge in [0, 0.05) is 47.2 Å². The van der Waals surface area contributed by atoms with Gasteiger partial charge in [-0.15, -0.1) is 0 Å². The summed E-state index contributed by atoms with van der Waals surface area (Å²) in [7, 11) is 0. The summed E-state index contributed by atoms with van der Waals surface area (Å²) < 4.78 is 0. The van der Waals surface area contributed by atoms with Crippen molar-refractivity contribution in [3.63, 3.8) is 0 Å². The number of benzene rings is 2. The number of rotatable bonds is 4. The number of carbonyl (C=O) groups is 1. The van der Waals surface area contributed by atoms with Gasteiger partial charge in [0.15, 0.2) is 0 Å². The van der Waals surface area contributed by atoms with E-state index in [1.54, 1.807) is 18.2 Å². The first-order valence-electron chi connectivity index (χ1n) is 10.1. The number of hydrogen-bond acceptors (Lipinski definition) is 4. The molecule has 0 bridgehead atoms. The van der Waals surface area contributed by atoms with E-state index in [4.69, 9.17) is 28.2 Å². The van der Waals surface area contributed by atoms with Crippen molar-refractivity contribution in [2.75, 3.05) is 18.0 Å². The fourth-order valence-electron chi connectivity index (χ4n) is 3.96. The number of anilines is 1. The van der Waals surface area contributed by atoms with Gasteiger partial charge >= 0.3 is 0 Å². The number of amides is 1. The molecule has 2 aromatic carbocycles. The number of phenolic OH excluding ortho intramolecular Hbond substituents is 1. The maximum atomic E-state index is 11.5. The van der Waals surface area contributed by atoms with E-state index in [-0.39, 0.29) is 17.7 Å². The van der Waals surface area contributed by atoms with Crippen LogP contribution in [0.15, 0.2) is 48.5 Å². The van der Waals surface area contributed by atoms with E-state index in [9.17, 15) is 9.90 Å². The molecule has 1 unspecified atom stereocenters. The Kier molecular flexibility index (Phi) is 6.08. The van der Waals surface area contributed by atoms with Crippen LogP contribution in [-0.2, 0) is 4.79 Å². The molecule has 2 heterocycles. The Morgan fingerprint density at radius 3 is 2.61 bits per heavy atom. The molecule has 1 aromatic heterocycles. The van der Waals surface area contributed by atoms with Gasteiger partial charge in [-0.3, -0.25) is 4.79 Å². The lowest BCUT2D eigenvalue weighted by atomic mass is 10.0. The van der Waals surface area contributed by atoms with Crippen LogP contribution in [0.5, 0.6) is 5.75 Å². The molecule has 1 aliphatic heterocycles. The van der Waals surface area contributed by atoms with E-state index < -0.39 is 0 Å². The Balaban J connectivity index is 1.84. The minimum absolute atomic E-state index is 0.0400. The molecule has 31 heavy (non-hydrogen) atoms. The highest BCUT2D eigenvalue weighted by Crippen LogP contribution is 2.39. The molecular formula is C24H23Cl2N3O2. The fourth-order valence-corrected chi connectivity index (χ4v) is 4.58. The minimum atomic E-state index is -0.0400. The van der Waals surface area contributed by atoms with Crippen molar-refractivity contribution in [3.8, 4) is 28.1 Å². The fraction of sp³-hybridized carbons (Fsp3) is 0.250. The molecule has 4 rings (SSSR count). The van der Waals surface area contributed by atoms with E-state index in [0.29, 0.717) is 27.8 Å². The maximum Gasteiger partial charge on any atom is 0.217 e. The molecule has 0 spiro atoms. The Morgan fingerprint density at radius 1 is 1.16 bits per heavy atom. The topological polar surface area (TPSA) is 65.5 Å². The van der Waals surface area contributed by atoms with Crippen LogP contribution in [0.4, 0.5) is 5.82 Å². The van der Waals surface area contributed by atoms with Crippen LogP contribution in [-0.4, -0.2) is 35.1 Å². The molecule has 0 saturated carbocycles. The average molecular weight is 456 g/mol. The molecule has 7 heteroatoms. The Hall–Kier alpha value is -2.76. The second-order valence-electron chi connectivity index (χ2n) is 7.85. The van der Waals surface area contributed by atoms with E-state index in [1.807, 2.05) is 37.3 Å². The summed E-state index contributed by atoms with van der Waals surface area (Å²) in [6.45, 7) is 4.92. The predicted molar refractivity (Wildman–Crippen MR) is 126 cm³/mol. The lowest BCUT2D eigenvalue weighted by Crippen LogP contribution is -2.35. The molecule has 0 aliphatic carbocycles.